The molecule has 1 saturated heterocycles. The van der Waals surface area contributed by atoms with Crippen LogP contribution in [-0.4, -0.2) is 60.1 Å². The normalized spacial score (nSPS) is 17.6. The van der Waals surface area contributed by atoms with Crippen LogP contribution in [-0.2, 0) is 17.8 Å². The molecule has 2 amide bonds. The van der Waals surface area contributed by atoms with E-state index in [-0.39, 0.29) is 23.9 Å². The highest BCUT2D eigenvalue weighted by atomic mass is 32.1. The monoisotopic (exact) mass is 526 g/mol. The summed E-state index contributed by atoms with van der Waals surface area (Å²) in [5.41, 5.74) is 1.29. The fourth-order valence-corrected chi connectivity index (χ4v) is 6.09. The minimum Gasteiger partial charge on any atom is -0.493 e. The van der Waals surface area contributed by atoms with Gasteiger partial charge in [0.2, 0.25) is 5.91 Å². The molecule has 1 N–H and O–H groups in total. The van der Waals surface area contributed by atoms with E-state index in [0.29, 0.717) is 70.0 Å². The van der Waals surface area contributed by atoms with Crippen molar-refractivity contribution in [1.82, 2.24) is 19.8 Å². The summed E-state index contributed by atoms with van der Waals surface area (Å²) >= 11 is 1.19. The highest BCUT2D eigenvalue weighted by Gasteiger charge is 2.26. The van der Waals surface area contributed by atoms with Crippen LogP contribution in [0.1, 0.15) is 41.1 Å². The van der Waals surface area contributed by atoms with Crippen LogP contribution in [0.25, 0.3) is 10.2 Å². The third kappa shape index (κ3) is 5.79. The Morgan fingerprint density at radius 2 is 1.84 bits per heavy atom. The summed E-state index contributed by atoms with van der Waals surface area (Å²) in [6.45, 7) is 7.82. The lowest BCUT2D eigenvalue weighted by atomic mass is 9.92. The number of methoxy groups -OCH3 is 2. The van der Waals surface area contributed by atoms with Crippen LogP contribution in [0.4, 0.5) is 0 Å². The largest absolute Gasteiger partial charge is 0.493 e. The summed E-state index contributed by atoms with van der Waals surface area (Å²) in [7, 11) is 3.17. The van der Waals surface area contributed by atoms with E-state index in [2.05, 4.69) is 24.1 Å². The molecule has 0 unspecified atom stereocenters. The van der Waals surface area contributed by atoms with Crippen LogP contribution in [0.2, 0.25) is 0 Å². The van der Waals surface area contributed by atoms with Gasteiger partial charge in [0.1, 0.15) is 11.4 Å². The molecule has 1 aromatic carbocycles. The molecule has 2 aromatic heterocycles. The first-order valence-corrected chi connectivity index (χ1v) is 13.3. The van der Waals surface area contributed by atoms with Crippen molar-refractivity contribution in [2.24, 2.45) is 11.8 Å². The van der Waals surface area contributed by atoms with Crippen LogP contribution >= 0.6 is 11.3 Å². The Morgan fingerprint density at radius 1 is 1.14 bits per heavy atom. The smallest absolute Gasteiger partial charge is 0.262 e. The van der Waals surface area contributed by atoms with E-state index in [1.807, 2.05) is 23.1 Å². The number of hydrogen-bond acceptors (Lipinski definition) is 7. The number of aromatic nitrogens is 2. The molecule has 1 aliphatic heterocycles. The van der Waals surface area contributed by atoms with Crippen molar-refractivity contribution in [3.63, 3.8) is 0 Å². The Balaban J connectivity index is 1.45. The zero-order chi connectivity index (χ0) is 26.7. The van der Waals surface area contributed by atoms with Gasteiger partial charge in [-0.05, 0) is 54.9 Å². The van der Waals surface area contributed by atoms with Crippen molar-refractivity contribution >= 4 is 33.4 Å². The topological polar surface area (TPSA) is 103 Å². The predicted octanol–water partition coefficient (Wildman–Crippen LogP) is 3.26. The number of amides is 2. The second kappa shape index (κ2) is 11.3. The van der Waals surface area contributed by atoms with Gasteiger partial charge in [-0.3, -0.25) is 19.0 Å². The number of likely N-dealkylation sites (tertiary alicyclic amines) is 1. The van der Waals surface area contributed by atoms with Crippen molar-refractivity contribution in [1.29, 1.82) is 0 Å². The third-order valence-electron chi connectivity index (χ3n) is 6.80. The van der Waals surface area contributed by atoms with Gasteiger partial charge in [0, 0.05) is 19.6 Å². The van der Waals surface area contributed by atoms with Gasteiger partial charge in [0.25, 0.3) is 11.5 Å². The lowest BCUT2D eigenvalue weighted by molar-refractivity contribution is -0.134. The molecule has 198 valence electrons. The minimum atomic E-state index is -0.297. The molecule has 1 aliphatic rings. The Kier molecular flexibility index (Phi) is 8.16. The Bertz CT molecular complexity index is 1350. The Hall–Kier alpha value is -3.40. The summed E-state index contributed by atoms with van der Waals surface area (Å²) in [6.07, 6.45) is 3.12. The van der Waals surface area contributed by atoms with Gasteiger partial charge in [-0.25, -0.2) is 4.98 Å². The lowest BCUT2D eigenvalue weighted by Crippen LogP contribution is -2.44. The standard InChI is InChI=1S/C27H34N4O5S/c1-16-10-17(2)13-30(12-16)22(32)14-31-15-29-26-23(27(31)34)18(3)24(37-26)25(33)28-9-8-19-6-7-20(35-4)21(11-19)36-5/h6-7,11,15-17H,8-10,12-14H2,1-5H3,(H,28,33)/t16-,17+. The van der Waals surface area contributed by atoms with Crippen molar-refractivity contribution in [3.8, 4) is 11.5 Å². The maximum Gasteiger partial charge on any atom is 0.262 e. The number of nitrogens with zero attached hydrogens (tertiary/aromatic N) is 3. The minimum absolute atomic E-state index is 0.0522. The quantitative estimate of drug-likeness (QED) is 0.483. The summed E-state index contributed by atoms with van der Waals surface area (Å²) < 4.78 is 12.0. The third-order valence-corrected chi connectivity index (χ3v) is 8.00. The zero-order valence-electron chi connectivity index (χ0n) is 22.0. The highest BCUT2D eigenvalue weighted by Crippen LogP contribution is 2.28. The molecule has 0 aliphatic carbocycles. The molecule has 1 fully saturated rings. The molecule has 3 heterocycles. The van der Waals surface area contributed by atoms with Gasteiger partial charge in [-0.15, -0.1) is 11.3 Å². The number of ether oxygens (including phenoxy) is 2. The predicted molar refractivity (Wildman–Crippen MR) is 144 cm³/mol. The number of fused-ring (bicyclic) bond motifs is 1. The molecular weight excluding hydrogens is 492 g/mol. The first-order chi connectivity index (χ1) is 17.7. The molecule has 4 rings (SSSR count). The van der Waals surface area contributed by atoms with Crippen molar-refractivity contribution in [2.75, 3.05) is 33.9 Å². The lowest BCUT2D eigenvalue weighted by Gasteiger charge is -2.35. The molecule has 10 heteroatoms. The van der Waals surface area contributed by atoms with E-state index in [9.17, 15) is 14.4 Å². The number of rotatable bonds is 8. The number of carbonyl (C=O) groups excluding carboxylic acids is 2. The van der Waals surface area contributed by atoms with E-state index in [1.165, 1.54) is 22.2 Å². The average Bonchev–Trinajstić information content (AvgIpc) is 3.21. The molecular formula is C27H34N4O5S. The second-order valence-electron chi connectivity index (χ2n) is 9.85. The fraction of sp³-hybridized carbons (Fsp3) is 0.481. The summed E-state index contributed by atoms with van der Waals surface area (Å²) in [5, 5.41) is 3.33. The summed E-state index contributed by atoms with van der Waals surface area (Å²) in [6, 6.07) is 5.64. The SMILES string of the molecule is COc1ccc(CCNC(=O)c2sc3ncn(CC(=O)N4C[C@H](C)C[C@H](C)C4)c(=O)c3c2C)cc1OC. The second-order valence-corrected chi connectivity index (χ2v) is 10.9. The number of benzene rings is 1. The van der Waals surface area contributed by atoms with Crippen molar-refractivity contribution in [3.05, 3.63) is 50.9 Å². The van der Waals surface area contributed by atoms with E-state index >= 15 is 0 Å². The molecule has 3 aromatic rings. The number of carbonyl (C=O) groups is 2. The average molecular weight is 527 g/mol. The molecule has 9 nitrogen and oxygen atoms in total. The first-order valence-electron chi connectivity index (χ1n) is 12.5. The van der Waals surface area contributed by atoms with Gasteiger partial charge in [0.15, 0.2) is 11.5 Å². The number of hydrogen-bond donors (Lipinski definition) is 1. The first kappa shape index (κ1) is 26.7. The van der Waals surface area contributed by atoms with E-state index < -0.39 is 0 Å². The Morgan fingerprint density at radius 3 is 2.51 bits per heavy atom. The molecule has 0 radical (unpaired) electrons. The van der Waals surface area contributed by atoms with Gasteiger partial charge in [-0.2, -0.15) is 0 Å². The molecule has 0 spiro atoms. The maximum absolute atomic E-state index is 13.2. The molecule has 0 saturated carbocycles. The number of thiophene rings is 1. The van der Waals surface area contributed by atoms with Gasteiger partial charge in [-0.1, -0.05) is 19.9 Å². The molecule has 37 heavy (non-hydrogen) atoms. The van der Waals surface area contributed by atoms with Crippen LogP contribution in [0, 0.1) is 18.8 Å². The van der Waals surface area contributed by atoms with Crippen molar-refractivity contribution < 1.29 is 19.1 Å². The summed E-state index contributed by atoms with van der Waals surface area (Å²) in [5.74, 6) is 1.84. The summed E-state index contributed by atoms with van der Waals surface area (Å²) in [4.78, 5) is 46.3. The molecule has 2 atom stereocenters. The maximum atomic E-state index is 13.2. The molecule has 0 bridgehead atoms. The van der Waals surface area contributed by atoms with Gasteiger partial charge < -0.3 is 19.7 Å². The number of nitrogens with one attached hydrogen (secondary N) is 1. The fourth-order valence-electron chi connectivity index (χ4n) is 5.04. The van der Waals surface area contributed by atoms with E-state index in [1.54, 1.807) is 21.1 Å². The van der Waals surface area contributed by atoms with E-state index in [4.69, 9.17) is 9.47 Å². The van der Waals surface area contributed by atoms with Crippen LogP contribution in [0.3, 0.4) is 0 Å². The van der Waals surface area contributed by atoms with E-state index in [0.717, 1.165) is 12.0 Å². The number of aryl methyl sites for hydroxylation is 1. The highest BCUT2D eigenvalue weighted by molar-refractivity contribution is 7.20. The van der Waals surface area contributed by atoms with Gasteiger partial charge in [0.05, 0.1) is 30.8 Å². The number of piperidine rings is 1. The zero-order valence-corrected chi connectivity index (χ0v) is 22.8. The Labute approximate surface area is 220 Å². The van der Waals surface area contributed by atoms with Crippen LogP contribution in [0.5, 0.6) is 11.5 Å². The van der Waals surface area contributed by atoms with Crippen LogP contribution in [0.15, 0.2) is 29.3 Å². The van der Waals surface area contributed by atoms with Crippen molar-refractivity contribution in [2.45, 2.75) is 40.2 Å². The van der Waals surface area contributed by atoms with Crippen LogP contribution < -0.4 is 20.3 Å². The van der Waals surface area contributed by atoms with Gasteiger partial charge >= 0.3 is 0 Å².